The Morgan fingerprint density at radius 3 is 2.28 bits per heavy atom. The summed E-state index contributed by atoms with van der Waals surface area (Å²) < 4.78 is 85.9. The lowest BCUT2D eigenvalue weighted by Gasteiger charge is -2.29. The maximum Gasteiger partial charge on any atom is 0.490 e. The van der Waals surface area contributed by atoms with E-state index >= 15 is 0 Å². The van der Waals surface area contributed by atoms with Gasteiger partial charge in [0.2, 0.25) is 10.0 Å². The molecule has 0 bridgehead atoms. The molecule has 2 aromatic heterocycles. The van der Waals surface area contributed by atoms with Crippen LogP contribution in [0.3, 0.4) is 0 Å². The van der Waals surface area contributed by atoms with Crippen LogP contribution in [0.25, 0.3) is 22.2 Å². The Morgan fingerprint density at radius 1 is 1.17 bits per heavy atom. The zero-order chi connectivity index (χ0) is 26.7. The molecular formula is C22H23F5N4O4S. The number of pyridine rings is 1. The number of sulfonamides is 1. The van der Waals surface area contributed by atoms with Crippen molar-refractivity contribution in [3.63, 3.8) is 0 Å². The number of halogens is 5. The SMILES string of the molecule is CN1CCC(NS(=O)(=O)c2ccc(-c3ccnc4[nH]c(C(F)F)cc34)cc2)CC1.O=C(O)C(F)(F)F. The van der Waals surface area contributed by atoms with Gasteiger partial charge in [0.15, 0.2) is 0 Å². The molecule has 0 amide bonds. The first-order valence-corrected chi connectivity index (χ1v) is 12.1. The topological polar surface area (TPSA) is 115 Å². The number of benzene rings is 1. The van der Waals surface area contributed by atoms with Crippen LogP contribution in [0.2, 0.25) is 0 Å². The van der Waals surface area contributed by atoms with Gasteiger partial charge in [0.1, 0.15) is 5.65 Å². The van der Waals surface area contributed by atoms with Crippen molar-refractivity contribution in [2.24, 2.45) is 0 Å². The Balaban J connectivity index is 0.000000454. The lowest BCUT2D eigenvalue weighted by molar-refractivity contribution is -0.192. The minimum absolute atomic E-state index is 0.0664. The number of carboxylic acid groups (broad SMARTS) is 1. The molecule has 3 aromatic rings. The highest BCUT2D eigenvalue weighted by molar-refractivity contribution is 7.89. The fourth-order valence-corrected chi connectivity index (χ4v) is 4.95. The van der Waals surface area contributed by atoms with Crippen molar-refractivity contribution in [3.05, 3.63) is 48.3 Å². The zero-order valence-electron chi connectivity index (χ0n) is 18.9. The van der Waals surface area contributed by atoms with E-state index in [0.717, 1.165) is 31.5 Å². The van der Waals surface area contributed by atoms with E-state index in [9.17, 15) is 30.4 Å². The molecule has 36 heavy (non-hydrogen) atoms. The van der Waals surface area contributed by atoms with Crippen molar-refractivity contribution in [3.8, 4) is 11.1 Å². The molecule has 196 valence electrons. The molecule has 1 saturated heterocycles. The summed E-state index contributed by atoms with van der Waals surface area (Å²) in [6.45, 7) is 1.73. The van der Waals surface area contributed by atoms with Gasteiger partial charge in [0.25, 0.3) is 6.43 Å². The summed E-state index contributed by atoms with van der Waals surface area (Å²) in [6, 6.07) is 9.50. The number of aromatic amines is 1. The summed E-state index contributed by atoms with van der Waals surface area (Å²) in [5.74, 6) is -2.76. The molecule has 0 radical (unpaired) electrons. The third-order valence-electron chi connectivity index (χ3n) is 5.55. The van der Waals surface area contributed by atoms with Gasteiger partial charge < -0.3 is 15.0 Å². The number of fused-ring (bicyclic) bond motifs is 1. The fourth-order valence-electron chi connectivity index (χ4n) is 3.64. The number of hydrogen-bond donors (Lipinski definition) is 3. The molecule has 0 atom stereocenters. The summed E-state index contributed by atoms with van der Waals surface area (Å²) in [5.41, 5.74) is 1.63. The van der Waals surface area contributed by atoms with Gasteiger partial charge in [-0.15, -0.1) is 0 Å². The molecule has 1 aliphatic heterocycles. The molecule has 3 N–H and O–H groups in total. The number of likely N-dealkylation sites (tertiary alicyclic amines) is 1. The molecule has 0 aliphatic carbocycles. The Morgan fingerprint density at radius 2 is 1.75 bits per heavy atom. The van der Waals surface area contributed by atoms with Crippen molar-refractivity contribution >= 4 is 27.0 Å². The third-order valence-corrected chi connectivity index (χ3v) is 7.08. The van der Waals surface area contributed by atoms with Crippen LogP contribution in [0.4, 0.5) is 22.0 Å². The van der Waals surface area contributed by atoms with Crippen LogP contribution in [0.1, 0.15) is 25.0 Å². The highest BCUT2D eigenvalue weighted by Gasteiger charge is 2.38. The van der Waals surface area contributed by atoms with Crippen molar-refractivity contribution in [1.29, 1.82) is 0 Å². The first-order valence-electron chi connectivity index (χ1n) is 10.6. The Labute approximate surface area is 203 Å². The van der Waals surface area contributed by atoms with Gasteiger partial charge in [-0.05, 0) is 68.4 Å². The van der Waals surface area contributed by atoms with Crippen molar-refractivity contribution in [2.75, 3.05) is 20.1 Å². The zero-order valence-corrected chi connectivity index (χ0v) is 19.7. The maximum absolute atomic E-state index is 13.0. The fraction of sp³-hybridized carbons (Fsp3) is 0.364. The average molecular weight is 535 g/mol. The van der Waals surface area contributed by atoms with E-state index in [0.29, 0.717) is 16.6 Å². The summed E-state index contributed by atoms with van der Waals surface area (Å²) >= 11 is 0. The van der Waals surface area contributed by atoms with E-state index in [1.807, 2.05) is 7.05 Å². The number of aromatic nitrogens is 2. The second-order valence-electron chi connectivity index (χ2n) is 8.17. The molecule has 0 spiro atoms. The van der Waals surface area contributed by atoms with Crippen LogP contribution in [0.15, 0.2) is 47.5 Å². The summed E-state index contributed by atoms with van der Waals surface area (Å²) in [4.78, 5) is 18.0. The normalized spacial score (nSPS) is 15.6. The molecule has 3 heterocycles. The lowest BCUT2D eigenvalue weighted by Crippen LogP contribution is -2.43. The molecule has 8 nitrogen and oxygen atoms in total. The molecular weight excluding hydrogens is 511 g/mol. The number of piperidine rings is 1. The summed E-state index contributed by atoms with van der Waals surface area (Å²) in [5, 5.41) is 7.70. The monoisotopic (exact) mass is 534 g/mol. The van der Waals surface area contributed by atoms with Gasteiger partial charge in [-0.2, -0.15) is 13.2 Å². The van der Waals surface area contributed by atoms with Gasteiger partial charge in [-0.3, -0.25) is 0 Å². The van der Waals surface area contributed by atoms with E-state index in [-0.39, 0.29) is 16.6 Å². The Hall–Kier alpha value is -3.10. The minimum atomic E-state index is -5.08. The Bertz CT molecular complexity index is 1300. The molecule has 14 heteroatoms. The molecule has 4 rings (SSSR count). The largest absolute Gasteiger partial charge is 0.490 e. The standard InChI is InChI=1S/C20H22F2N4O2S.C2HF3O2/c1-26-10-7-14(8-11-26)25-29(27,28)15-4-2-13(3-5-15)16-6-9-23-20-17(16)12-18(24-20)19(21)22;3-2(4,5)1(6)7/h2-6,9,12,14,19,25H,7-8,10-11H2,1H3,(H,23,24);(H,6,7). The van der Waals surface area contributed by atoms with Crippen LogP contribution in [0, 0.1) is 0 Å². The smallest absolute Gasteiger partial charge is 0.475 e. The number of carboxylic acids is 1. The summed E-state index contributed by atoms with van der Waals surface area (Å²) in [6.07, 6.45) is -4.60. The number of alkyl halides is 5. The van der Waals surface area contributed by atoms with Crippen molar-refractivity contribution < 1.29 is 40.3 Å². The van der Waals surface area contributed by atoms with Crippen molar-refractivity contribution in [2.45, 2.75) is 36.4 Å². The average Bonchev–Trinajstić information content (AvgIpc) is 3.25. The van der Waals surface area contributed by atoms with E-state index in [4.69, 9.17) is 9.90 Å². The third kappa shape index (κ3) is 6.77. The quantitative estimate of drug-likeness (QED) is 0.423. The first-order chi connectivity index (χ1) is 16.8. The predicted octanol–water partition coefficient (Wildman–Crippen LogP) is 4.17. The molecule has 1 aliphatic rings. The van der Waals surface area contributed by atoms with Crippen LogP contribution >= 0.6 is 0 Å². The minimum Gasteiger partial charge on any atom is -0.475 e. The van der Waals surface area contributed by atoms with Crippen LogP contribution < -0.4 is 4.72 Å². The predicted molar refractivity (Wildman–Crippen MR) is 121 cm³/mol. The first kappa shape index (κ1) is 27.5. The molecule has 0 saturated carbocycles. The highest BCUT2D eigenvalue weighted by atomic mass is 32.2. The number of rotatable bonds is 5. The van der Waals surface area contributed by atoms with E-state index in [2.05, 4.69) is 19.6 Å². The van der Waals surface area contributed by atoms with Crippen LogP contribution in [0.5, 0.6) is 0 Å². The van der Waals surface area contributed by atoms with Crippen molar-refractivity contribution in [1.82, 2.24) is 19.6 Å². The van der Waals surface area contributed by atoms with E-state index in [1.165, 1.54) is 12.3 Å². The van der Waals surface area contributed by atoms with Gasteiger partial charge in [0.05, 0.1) is 10.6 Å². The number of aliphatic carboxylic acids is 1. The number of nitrogens with zero attached hydrogens (tertiary/aromatic N) is 2. The second kappa shape index (κ2) is 10.9. The molecule has 0 unspecified atom stereocenters. The number of H-pyrrole nitrogens is 1. The van der Waals surface area contributed by atoms with Gasteiger partial charge >= 0.3 is 12.1 Å². The Kier molecular flexibility index (Phi) is 8.31. The highest BCUT2D eigenvalue weighted by Crippen LogP contribution is 2.31. The van der Waals surface area contributed by atoms with E-state index < -0.39 is 28.6 Å². The van der Waals surface area contributed by atoms with Gasteiger partial charge in [-0.1, -0.05) is 12.1 Å². The van der Waals surface area contributed by atoms with Gasteiger partial charge in [0, 0.05) is 17.6 Å². The number of carbonyl (C=O) groups is 1. The lowest BCUT2D eigenvalue weighted by atomic mass is 10.0. The summed E-state index contributed by atoms with van der Waals surface area (Å²) in [7, 11) is -1.59. The second-order valence-corrected chi connectivity index (χ2v) is 9.89. The molecule has 1 fully saturated rings. The van der Waals surface area contributed by atoms with Gasteiger partial charge in [-0.25, -0.2) is 31.7 Å². The number of hydrogen-bond acceptors (Lipinski definition) is 5. The van der Waals surface area contributed by atoms with Crippen LogP contribution in [-0.2, 0) is 14.8 Å². The van der Waals surface area contributed by atoms with E-state index in [1.54, 1.807) is 30.3 Å². The number of nitrogens with one attached hydrogen (secondary N) is 2. The maximum atomic E-state index is 13.0. The molecule has 1 aromatic carbocycles. The van der Waals surface area contributed by atoms with Crippen LogP contribution in [-0.4, -0.2) is 66.7 Å².